The molecule has 0 aliphatic carbocycles. The third-order valence-corrected chi connectivity index (χ3v) is 15.7. The molecule has 0 saturated heterocycles. The average molecular weight is 1130 g/mol. The summed E-state index contributed by atoms with van der Waals surface area (Å²) in [5.41, 5.74) is 0. The largest absolute Gasteiger partial charge is 0.462 e. The van der Waals surface area contributed by atoms with Crippen molar-refractivity contribution >= 4 is 17.9 Å². The fraction of sp³-hybridized carbons (Fsp3) is 0.800. The van der Waals surface area contributed by atoms with E-state index in [1.165, 1.54) is 218 Å². The van der Waals surface area contributed by atoms with Crippen LogP contribution in [0, 0.1) is 0 Å². The Bertz CT molecular complexity index is 1490. The lowest BCUT2D eigenvalue weighted by molar-refractivity contribution is -0.167. The third-order valence-electron chi connectivity index (χ3n) is 15.7. The molecule has 81 heavy (non-hydrogen) atoms. The van der Waals surface area contributed by atoms with Gasteiger partial charge in [0.05, 0.1) is 0 Å². The van der Waals surface area contributed by atoms with Gasteiger partial charge >= 0.3 is 17.9 Å². The molecule has 0 amide bonds. The maximum absolute atomic E-state index is 12.9. The van der Waals surface area contributed by atoms with Gasteiger partial charge < -0.3 is 14.2 Å². The predicted octanol–water partition coefficient (Wildman–Crippen LogP) is 24.4. The van der Waals surface area contributed by atoms with Crippen LogP contribution in [0.5, 0.6) is 0 Å². The summed E-state index contributed by atoms with van der Waals surface area (Å²) in [5.74, 6) is -0.898. The summed E-state index contributed by atoms with van der Waals surface area (Å²) in [5, 5.41) is 0. The number of carbonyl (C=O) groups is 3. The molecule has 0 bridgehead atoms. The van der Waals surface area contributed by atoms with Crippen LogP contribution < -0.4 is 0 Å². The van der Waals surface area contributed by atoms with E-state index in [2.05, 4.69) is 93.7 Å². The van der Waals surface area contributed by atoms with Crippen molar-refractivity contribution in [1.29, 1.82) is 0 Å². The van der Waals surface area contributed by atoms with Crippen LogP contribution in [0.4, 0.5) is 0 Å². The van der Waals surface area contributed by atoms with Crippen molar-refractivity contribution < 1.29 is 28.6 Å². The van der Waals surface area contributed by atoms with Crippen LogP contribution in [-0.2, 0) is 28.6 Å². The van der Waals surface area contributed by atoms with Crippen molar-refractivity contribution in [3.05, 3.63) is 72.9 Å². The van der Waals surface area contributed by atoms with Gasteiger partial charge in [-0.25, -0.2) is 0 Å². The van der Waals surface area contributed by atoms with Crippen molar-refractivity contribution in [2.75, 3.05) is 13.2 Å². The number of esters is 3. The summed E-state index contributed by atoms with van der Waals surface area (Å²) in [6, 6.07) is 0. The molecular weight excluding hydrogens is 997 g/mol. The lowest BCUT2D eigenvalue weighted by Gasteiger charge is -2.18. The first-order chi connectivity index (χ1) is 40.0. The summed E-state index contributed by atoms with van der Waals surface area (Å²) in [6.07, 6.45) is 91.2. The highest BCUT2D eigenvalue weighted by Crippen LogP contribution is 2.18. The molecule has 0 N–H and O–H groups in total. The summed E-state index contributed by atoms with van der Waals surface area (Å²) < 4.78 is 16.9. The minimum atomic E-state index is -0.786. The first-order valence-electron chi connectivity index (χ1n) is 35.4. The van der Waals surface area contributed by atoms with Crippen molar-refractivity contribution in [1.82, 2.24) is 0 Å². The fourth-order valence-electron chi connectivity index (χ4n) is 10.5. The van der Waals surface area contributed by atoms with Gasteiger partial charge in [0, 0.05) is 19.3 Å². The van der Waals surface area contributed by atoms with E-state index in [1.807, 2.05) is 0 Å². The van der Waals surface area contributed by atoms with Crippen LogP contribution in [0.25, 0.3) is 0 Å². The second-order valence-electron chi connectivity index (χ2n) is 23.8. The Kier molecular flexibility index (Phi) is 66.6. The molecule has 1 atom stereocenters. The Morgan fingerprint density at radius 3 is 0.753 bits per heavy atom. The number of rotatable bonds is 65. The monoisotopic (exact) mass is 1130 g/mol. The van der Waals surface area contributed by atoms with Gasteiger partial charge in [-0.2, -0.15) is 0 Å². The lowest BCUT2D eigenvalue weighted by Crippen LogP contribution is -2.30. The Morgan fingerprint density at radius 2 is 0.481 bits per heavy atom. The van der Waals surface area contributed by atoms with Gasteiger partial charge in [0.25, 0.3) is 0 Å². The molecule has 0 aliphatic heterocycles. The summed E-state index contributed by atoms with van der Waals surface area (Å²) in [4.78, 5) is 38.1. The molecule has 6 heteroatoms. The number of ether oxygens (including phenoxy) is 3. The molecule has 0 radical (unpaired) electrons. The van der Waals surface area contributed by atoms with E-state index in [0.717, 1.165) is 109 Å². The predicted molar refractivity (Wildman–Crippen MR) is 353 cm³/mol. The molecule has 0 aliphatic rings. The van der Waals surface area contributed by atoms with Crippen molar-refractivity contribution in [3.8, 4) is 0 Å². The van der Waals surface area contributed by atoms with E-state index in [4.69, 9.17) is 14.2 Å². The van der Waals surface area contributed by atoms with Gasteiger partial charge in [-0.1, -0.05) is 351 Å². The summed E-state index contributed by atoms with van der Waals surface area (Å²) in [6.45, 7) is 6.51. The van der Waals surface area contributed by atoms with Gasteiger partial charge in [-0.05, 0) is 70.6 Å². The van der Waals surface area contributed by atoms with Crippen LogP contribution >= 0.6 is 0 Å². The minimum Gasteiger partial charge on any atom is -0.462 e. The van der Waals surface area contributed by atoms with Crippen LogP contribution in [-0.4, -0.2) is 37.2 Å². The zero-order valence-corrected chi connectivity index (χ0v) is 54.1. The highest BCUT2D eigenvalue weighted by molar-refractivity contribution is 5.71. The fourth-order valence-corrected chi connectivity index (χ4v) is 10.5. The van der Waals surface area contributed by atoms with Crippen LogP contribution in [0.3, 0.4) is 0 Å². The number of carbonyl (C=O) groups excluding carboxylic acids is 3. The van der Waals surface area contributed by atoms with Gasteiger partial charge in [0.2, 0.25) is 0 Å². The van der Waals surface area contributed by atoms with E-state index in [1.54, 1.807) is 0 Å². The third kappa shape index (κ3) is 67.5. The van der Waals surface area contributed by atoms with Crippen molar-refractivity contribution in [3.63, 3.8) is 0 Å². The number of allylic oxidation sites excluding steroid dienone is 12. The van der Waals surface area contributed by atoms with Gasteiger partial charge in [-0.3, -0.25) is 14.4 Å². The Hall–Kier alpha value is -3.15. The second-order valence-corrected chi connectivity index (χ2v) is 23.8. The zero-order chi connectivity index (χ0) is 58.5. The van der Waals surface area contributed by atoms with E-state index in [-0.39, 0.29) is 31.1 Å². The zero-order valence-electron chi connectivity index (χ0n) is 54.1. The smallest absolute Gasteiger partial charge is 0.306 e. The van der Waals surface area contributed by atoms with Crippen LogP contribution in [0.2, 0.25) is 0 Å². The number of hydrogen-bond donors (Lipinski definition) is 0. The minimum absolute atomic E-state index is 0.0825. The quantitative estimate of drug-likeness (QED) is 0.0261. The maximum Gasteiger partial charge on any atom is 0.306 e. The molecule has 0 aromatic carbocycles. The van der Waals surface area contributed by atoms with Crippen LogP contribution in [0.15, 0.2) is 72.9 Å². The summed E-state index contributed by atoms with van der Waals surface area (Å²) >= 11 is 0. The van der Waals surface area contributed by atoms with Crippen molar-refractivity contribution in [2.45, 2.75) is 374 Å². The van der Waals surface area contributed by atoms with E-state index >= 15 is 0 Å². The topological polar surface area (TPSA) is 78.9 Å². The second kappa shape index (κ2) is 69.3. The van der Waals surface area contributed by atoms with E-state index in [9.17, 15) is 14.4 Å². The van der Waals surface area contributed by atoms with Gasteiger partial charge in [0.15, 0.2) is 6.10 Å². The maximum atomic E-state index is 12.9. The Balaban J connectivity index is 4.03. The molecule has 1 unspecified atom stereocenters. The first-order valence-corrected chi connectivity index (χ1v) is 35.4. The van der Waals surface area contributed by atoms with Gasteiger partial charge in [0.1, 0.15) is 13.2 Å². The first kappa shape index (κ1) is 77.9. The van der Waals surface area contributed by atoms with Crippen molar-refractivity contribution in [2.24, 2.45) is 0 Å². The molecule has 0 saturated carbocycles. The number of hydrogen-bond acceptors (Lipinski definition) is 6. The molecule has 0 rings (SSSR count). The Morgan fingerprint density at radius 1 is 0.259 bits per heavy atom. The van der Waals surface area contributed by atoms with E-state index < -0.39 is 6.10 Å². The average Bonchev–Trinajstić information content (AvgIpc) is 3.46. The van der Waals surface area contributed by atoms with E-state index in [0.29, 0.717) is 19.3 Å². The van der Waals surface area contributed by atoms with Crippen LogP contribution in [0.1, 0.15) is 367 Å². The standard InChI is InChI=1S/C75H134O6/c1-4-7-10-13-16-18-20-22-24-26-28-30-32-33-34-35-36-37-38-39-40-41-43-44-46-48-50-52-54-56-59-62-65-68-74(77)80-71-72(70-79-73(76)67-64-61-58-15-12-9-6-3)81-75(78)69-66-63-60-57-55-53-51-49-47-45-42-31-29-27-25-23-21-19-17-14-11-8-5-2/h8,11,17,19,23,25,29,31,45,47,51,53,72H,4-7,9-10,12-16,18,20-22,24,26-28,30,32-44,46,48-50,52,54-71H2,1-3H3/b11-8-,19-17-,25-23-,31-29-,47-45-,53-51-. The molecular formula is C75H134O6. The highest BCUT2D eigenvalue weighted by atomic mass is 16.6. The normalized spacial score (nSPS) is 12.5. The molecule has 6 nitrogen and oxygen atoms in total. The summed E-state index contributed by atoms with van der Waals surface area (Å²) in [7, 11) is 0. The molecule has 0 heterocycles. The number of unbranched alkanes of at least 4 members (excludes halogenated alkanes) is 42. The molecule has 0 spiro atoms. The molecule has 0 fully saturated rings. The SMILES string of the molecule is CC/C=C\C/C=C\C/C=C\C/C=C\C/C=C\C/C=C\CCCCCCC(=O)OC(COC(=O)CCCCCCCCC)COC(=O)CCCCCCCCCCCCCCCCCCCCCCCCCCCCCCCCCCC. The Labute approximate surface area is 503 Å². The highest BCUT2D eigenvalue weighted by Gasteiger charge is 2.19. The lowest BCUT2D eigenvalue weighted by atomic mass is 10.0. The van der Waals surface area contributed by atoms with Gasteiger partial charge in [-0.15, -0.1) is 0 Å². The molecule has 0 aromatic rings. The molecule has 0 aromatic heterocycles. The molecule has 470 valence electrons.